The molecule has 4 nitrogen and oxygen atoms in total. The van der Waals surface area contributed by atoms with Gasteiger partial charge in [-0.15, -0.1) is 0 Å². The predicted molar refractivity (Wildman–Crippen MR) is 76.2 cm³/mol. The van der Waals surface area contributed by atoms with Crippen LogP contribution in [0.2, 0.25) is 0 Å². The highest BCUT2D eigenvalue weighted by atomic mass is 32.2. The van der Waals surface area contributed by atoms with Crippen molar-refractivity contribution in [2.24, 2.45) is 5.73 Å². The molecule has 21 heavy (non-hydrogen) atoms. The molecule has 2 rings (SSSR count). The van der Waals surface area contributed by atoms with E-state index < -0.39 is 26.6 Å². The second kappa shape index (κ2) is 5.79. The number of hydrogen-bond donors (Lipinski definition) is 2. The minimum Gasteiger partial charge on any atom is -0.324 e. The zero-order chi connectivity index (χ0) is 15.6. The molecule has 2 aromatic carbocycles. The molecule has 1 atom stereocenters. The second-order valence-corrected chi connectivity index (χ2v) is 6.24. The summed E-state index contributed by atoms with van der Waals surface area (Å²) in [6, 6.07) is 8.50. The summed E-state index contributed by atoms with van der Waals surface area (Å²) < 4.78 is 52.7. The molecule has 0 radical (unpaired) electrons. The van der Waals surface area contributed by atoms with Crippen LogP contribution in [-0.2, 0) is 10.0 Å². The van der Waals surface area contributed by atoms with Gasteiger partial charge in [0.1, 0.15) is 16.5 Å². The van der Waals surface area contributed by atoms with Crippen molar-refractivity contribution in [2.75, 3.05) is 4.72 Å². The summed E-state index contributed by atoms with van der Waals surface area (Å²) >= 11 is 0. The van der Waals surface area contributed by atoms with Crippen molar-refractivity contribution >= 4 is 15.7 Å². The van der Waals surface area contributed by atoms with Gasteiger partial charge in [-0.25, -0.2) is 17.2 Å². The van der Waals surface area contributed by atoms with E-state index in [4.69, 9.17) is 5.73 Å². The molecule has 112 valence electrons. The molecule has 7 heteroatoms. The first-order valence-corrected chi connectivity index (χ1v) is 7.61. The van der Waals surface area contributed by atoms with Gasteiger partial charge in [0.2, 0.25) is 0 Å². The first-order valence-electron chi connectivity index (χ1n) is 6.13. The van der Waals surface area contributed by atoms with Crippen molar-refractivity contribution in [1.29, 1.82) is 0 Å². The fourth-order valence-electron chi connectivity index (χ4n) is 1.76. The SMILES string of the molecule is CC(N)c1ccc(NS(=O)(=O)c2ccc(F)cc2F)cc1. The Morgan fingerprint density at radius 3 is 2.24 bits per heavy atom. The second-order valence-electron chi connectivity index (χ2n) is 4.59. The zero-order valence-electron chi connectivity index (χ0n) is 11.2. The molecule has 3 N–H and O–H groups in total. The van der Waals surface area contributed by atoms with E-state index in [-0.39, 0.29) is 11.7 Å². The van der Waals surface area contributed by atoms with Gasteiger partial charge in [0.25, 0.3) is 10.0 Å². The third-order valence-electron chi connectivity index (χ3n) is 2.87. The summed E-state index contributed by atoms with van der Waals surface area (Å²) in [6.07, 6.45) is 0. The monoisotopic (exact) mass is 312 g/mol. The smallest absolute Gasteiger partial charge is 0.264 e. The topological polar surface area (TPSA) is 72.2 Å². The molecule has 0 fully saturated rings. The average molecular weight is 312 g/mol. The van der Waals surface area contributed by atoms with E-state index in [1.165, 1.54) is 12.1 Å². The van der Waals surface area contributed by atoms with E-state index in [0.29, 0.717) is 6.07 Å². The Morgan fingerprint density at radius 2 is 1.71 bits per heavy atom. The van der Waals surface area contributed by atoms with Crippen LogP contribution in [0, 0.1) is 11.6 Å². The molecule has 0 aliphatic heterocycles. The molecular formula is C14H14F2N2O2S. The van der Waals surface area contributed by atoms with Gasteiger partial charge in [-0.2, -0.15) is 0 Å². The molecule has 0 aliphatic rings. The highest BCUT2D eigenvalue weighted by molar-refractivity contribution is 7.92. The lowest BCUT2D eigenvalue weighted by Gasteiger charge is -2.10. The molecule has 2 aromatic rings. The normalized spacial score (nSPS) is 13.0. The first kappa shape index (κ1) is 15.4. The Balaban J connectivity index is 2.28. The van der Waals surface area contributed by atoms with E-state index in [9.17, 15) is 17.2 Å². The molecule has 0 aromatic heterocycles. The summed E-state index contributed by atoms with van der Waals surface area (Å²) in [4.78, 5) is -0.611. The van der Waals surface area contributed by atoms with E-state index in [1.807, 2.05) is 0 Å². The Hall–Kier alpha value is -1.99. The van der Waals surface area contributed by atoms with Gasteiger partial charge in [-0.3, -0.25) is 4.72 Å². The molecule has 0 saturated carbocycles. The summed E-state index contributed by atoms with van der Waals surface area (Å²) in [5, 5.41) is 0. The summed E-state index contributed by atoms with van der Waals surface area (Å²) in [5.74, 6) is -1.98. The standard InChI is InChI=1S/C14H14F2N2O2S/c1-9(17)10-2-5-12(6-3-10)18-21(19,20)14-7-4-11(15)8-13(14)16/h2-9,18H,17H2,1H3. The molecule has 0 saturated heterocycles. The van der Waals surface area contributed by atoms with Crippen LogP contribution in [0.4, 0.5) is 14.5 Å². The number of benzene rings is 2. The third kappa shape index (κ3) is 3.56. The van der Waals surface area contributed by atoms with Gasteiger partial charge in [-0.05, 0) is 36.8 Å². The zero-order valence-corrected chi connectivity index (χ0v) is 12.0. The Morgan fingerprint density at radius 1 is 1.10 bits per heavy atom. The van der Waals surface area contributed by atoms with Crippen LogP contribution in [0.25, 0.3) is 0 Å². The van der Waals surface area contributed by atoms with Crippen LogP contribution in [-0.4, -0.2) is 8.42 Å². The van der Waals surface area contributed by atoms with Crippen LogP contribution >= 0.6 is 0 Å². The van der Waals surface area contributed by atoms with Crippen molar-refractivity contribution < 1.29 is 17.2 Å². The largest absolute Gasteiger partial charge is 0.324 e. The summed E-state index contributed by atoms with van der Waals surface area (Å²) in [7, 11) is -4.12. The average Bonchev–Trinajstić information content (AvgIpc) is 2.38. The van der Waals surface area contributed by atoms with Crippen LogP contribution in [0.1, 0.15) is 18.5 Å². The van der Waals surface area contributed by atoms with Gasteiger partial charge in [0, 0.05) is 17.8 Å². The number of nitrogens with one attached hydrogen (secondary N) is 1. The summed E-state index contributed by atoms with van der Waals surface area (Å²) in [5.41, 5.74) is 6.80. The highest BCUT2D eigenvalue weighted by Gasteiger charge is 2.19. The Labute approximate surface area is 121 Å². The molecule has 0 amide bonds. The highest BCUT2D eigenvalue weighted by Crippen LogP contribution is 2.21. The maximum absolute atomic E-state index is 13.5. The van der Waals surface area contributed by atoms with Gasteiger partial charge < -0.3 is 5.73 Å². The van der Waals surface area contributed by atoms with Gasteiger partial charge >= 0.3 is 0 Å². The lowest BCUT2D eigenvalue weighted by atomic mass is 10.1. The molecular weight excluding hydrogens is 298 g/mol. The molecule has 0 heterocycles. The minimum absolute atomic E-state index is 0.176. The lowest BCUT2D eigenvalue weighted by molar-refractivity contribution is 0.551. The van der Waals surface area contributed by atoms with Gasteiger partial charge in [0.05, 0.1) is 0 Å². The number of anilines is 1. The van der Waals surface area contributed by atoms with Crippen molar-refractivity contribution in [3.8, 4) is 0 Å². The van der Waals surface area contributed by atoms with Gasteiger partial charge in [0.15, 0.2) is 0 Å². The van der Waals surface area contributed by atoms with Crippen molar-refractivity contribution in [3.63, 3.8) is 0 Å². The van der Waals surface area contributed by atoms with Crippen LogP contribution in [0.5, 0.6) is 0 Å². The van der Waals surface area contributed by atoms with Crippen molar-refractivity contribution in [3.05, 3.63) is 59.7 Å². The fraction of sp³-hybridized carbons (Fsp3) is 0.143. The third-order valence-corrected chi connectivity index (χ3v) is 4.29. The quantitative estimate of drug-likeness (QED) is 0.912. The first-order chi connectivity index (χ1) is 9.79. The minimum atomic E-state index is -4.12. The van der Waals surface area contributed by atoms with Gasteiger partial charge in [-0.1, -0.05) is 12.1 Å². The maximum Gasteiger partial charge on any atom is 0.264 e. The Bertz CT molecular complexity index is 744. The number of rotatable bonds is 4. The van der Waals surface area contributed by atoms with Crippen LogP contribution < -0.4 is 10.5 Å². The van der Waals surface area contributed by atoms with E-state index in [2.05, 4.69) is 4.72 Å². The molecule has 0 bridgehead atoms. The van der Waals surface area contributed by atoms with E-state index in [0.717, 1.165) is 17.7 Å². The van der Waals surface area contributed by atoms with E-state index >= 15 is 0 Å². The van der Waals surface area contributed by atoms with E-state index in [1.54, 1.807) is 19.1 Å². The maximum atomic E-state index is 13.5. The number of hydrogen-bond acceptors (Lipinski definition) is 3. The van der Waals surface area contributed by atoms with Crippen LogP contribution in [0.15, 0.2) is 47.4 Å². The predicted octanol–water partition coefficient (Wildman–Crippen LogP) is 2.79. The fourth-order valence-corrected chi connectivity index (χ4v) is 2.88. The number of halogens is 2. The molecule has 1 unspecified atom stereocenters. The summed E-state index contributed by atoms with van der Waals surface area (Å²) in [6.45, 7) is 1.80. The molecule has 0 aliphatic carbocycles. The van der Waals surface area contributed by atoms with Crippen molar-refractivity contribution in [1.82, 2.24) is 0 Å². The number of nitrogens with two attached hydrogens (primary N) is 1. The van der Waals surface area contributed by atoms with Crippen LogP contribution in [0.3, 0.4) is 0 Å². The van der Waals surface area contributed by atoms with Crippen molar-refractivity contribution in [2.45, 2.75) is 17.9 Å². The number of sulfonamides is 1. The lowest BCUT2D eigenvalue weighted by Crippen LogP contribution is -2.15. The molecule has 0 spiro atoms. The Kier molecular flexibility index (Phi) is 4.24.